The molecular formula is C12H16N2O3S. The van der Waals surface area contributed by atoms with Crippen LogP contribution in [-0.4, -0.2) is 23.6 Å². The minimum absolute atomic E-state index is 0.0281. The maximum absolute atomic E-state index is 11.8. The van der Waals surface area contributed by atoms with Gasteiger partial charge in [0.2, 0.25) is 0 Å². The number of rotatable bonds is 5. The van der Waals surface area contributed by atoms with Crippen molar-refractivity contribution in [3.8, 4) is 0 Å². The Morgan fingerprint density at radius 1 is 1.50 bits per heavy atom. The molecule has 0 saturated carbocycles. The van der Waals surface area contributed by atoms with Crippen LogP contribution in [0.5, 0.6) is 0 Å². The Morgan fingerprint density at radius 3 is 2.67 bits per heavy atom. The Labute approximate surface area is 110 Å². The summed E-state index contributed by atoms with van der Waals surface area (Å²) in [5, 5.41) is 13.6. The Bertz CT molecular complexity index is 461. The lowest BCUT2D eigenvalue weighted by Gasteiger charge is -2.08. The summed E-state index contributed by atoms with van der Waals surface area (Å²) in [6, 6.07) is 4.53. The molecule has 0 unspecified atom stereocenters. The van der Waals surface area contributed by atoms with Crippen molar-refractivity contribution < 1.29 is 9.72 Å². The van der Waals surface area contributed by atoms with Crippen molar-refractivity contribution in [2.45, 2.75) is 18.7 Å². The van der Waals surface area contributed by atoms with E-state index in [1.54, 1.807) is 18.4 Å². The molecule has 0 aliphatic rings. The third-order valence-electron chi connectivity index (χ3n) is 2.31. The number of nitrogens with one attached hydrogen (secondary N) is 1. The Morgan fingerprint density at radius 2 is 2.17 bits per heavy atom. The van der Waals surface area contributed by atoms with Crippen molar-refractivity contribution in [2.24, 2.45) is 5.92 Å². The van der Waals surface area contributed by atoms with Gasteiger partial charge in [-0.3, -0.25) is 14.9 Å². The van der Waals surface area contributed by atoms with Gasteiger partial charge in [-0.05, 0) is 24.3 Å². The van der Waals surface area contributed by atoms with Crippen molar-refractivity contribution in [1.82, 2.24) is 5.32 Å². The maximum atomic E-state index is 11.8. The van der Waals surface area contributed by atoms with Crippen molar-refractivity contribution in [1.29, 1.82) is 0 Å². The van der Waals surface area contributed by atoms with Crippen LogP contribution >= 0.6 is 11.8 Å². The predicted octanol–water partition coefficient (Wildman–Crippen LogP) is 2.70. The molecule has 0 aliphatic heterocycles. The number of carbonyl (C=O) groups is 1. The molecule has 6 heteroatoms. The van der Waals surface area contributed by atoms with Crippen LogP contribution in [0.4, 0.5) is 5.69 Å². The van der Waals surface area contributed by atoms with E-state index in [0.29, 0.717) is 22.9 Å². The molecule has 0 heterocycles. The molecule has 98 valence electrons. The summed E-state index contributed by atoms with van der Waals surface area (Å²) in [7, 11) is 0. The lowest BCUT2D eigenvalue weighted by atomic mass is 10.1. The number of amides is 1. The third kappa shape index (κ3) is 3.73. The molecule has 0 radical (unpaired) electrons. The van der Waals surface area contributed by atoms with Gasteiger partial charge in [-0.1, -0.05) is 13.8 Å². The first kappa shape index (κ1) is 14.5. The van der Waals surface area contributed by atoms with E-state index in [1.165, 1.54) is 17.8 Å². The molecule has 18 heavy (non-hydrogen) atoms. The lowest BCUT2D eigenvalue weighted by molar-refractivity contribution is -0.387. The highest BCUT2D eigenvalue weighted by molar-refractivity contribution is 7.98. The van der Waals surface area contributed by atoms with Crippen LogP contribution in [0, 0.1) is 16.0 Å². The van der Waals surface area contributed by atoms with E-state index in [4.69, 9.17) is 0 Å². The molecule has 1 aromatic rings. The minimum atomic E-state index is -0.467. The number of hydrogen-bond donors (Lipinski definition) is 1. The van der Waals surface area contributed by atoms with Crippen molar-refractivity contribution in [2.75, 3.05) is 12.8 Å². The SMILES string of the molecule is CSc1ccc(C(=O)NCC(C)C)cc1[N+](=O)[O-]. The summed E-state index contributed by atoms with van der Waals surface area (Å²) >= 11 is 1.29. The van der Waals surface area contributed by atoms with Crippen LogP contribution in [0.15, 0.2) is 23.1 Å². The zero-order valence-electron chi connectivity index (χ0n) is 10.6. The van der Waals surface area contributed by atoms with Crippen LogP contribution in [0.1, 0.15) is 24.2 Å². The highest BCUT2D eigenvalue weighted by Crippen LogP contribution is 2.28. The standard InChI is InChI=1S/C12H16N2O3S/c1-8(2)7-13-12(15)9-4-5-11(18-3)10(6-9)14(16)17/h4-6,8H,7H2,1-3H3,(H,13,15). The first-order chi connectivity index (χ1) is 8.45. The molecule has 0 fully saturated rings. The zero-order valence-corrected chi connectivity index (χ0v) is 11.4. The number of hydrogen-bond acceptors (Lipinski definition) is 4. The molecule has 0 spiro atoms. The average Bonchev–Trinajstić information content (AvgIpc) is 2.34. The summed E-state index contributed by atoms with van der Waals surface area (Å²) in [4.78, 5) is 22.8. The molecule has 1 N–H and O–H groups in total. The van der Waals surface area contributed by atoms with Crippen molar-refractivity contribution in [3.63, 3.8) is 0 Å². The second-order valence-electron chi connectivity index (χ2n) is 4.25. The summed E-state index contributed by atoms with van der Waals surface area (Å²) in [6.45, 7) is 4.52. The summed E-state index contributed by atoms with van der Waals surface area (Å²) in [6.07, 6.45) is 1.76. The number of nitro groups is 1. The van der Waals surface area contributed by atoms with Crippen molar-refractivity contribution in [3.05, 3.63) is 33.9 Å². The molecule has 5 nitrogen and oxygen atoms in total. The first-order valence-electron chi connectivity index (χ1n) is 5.56. The van der Waals surface area contributed by atoms with E-state index < -0.39 is 4.92 Å². The quantitative estimate of drug-likeness (QED) is 0.506. The van der Waals surface area contributed by atoms with Gasteiger partial charge in [0.05, 0.1) is 9.82 Å². The molecule has 1 rings (SSSR count). The van der Waals surface area contributed by atoms with Crippen LogP contribution in [0.25, 0.3) is 0 Å². The van der Waals surface area contributed by atoms with Gasteiger partial charge in [-0.25, -0.2) is 0 Å². The monoisotopic (exact) mass is 268 g/mol. The number of benzene rings is 1. The maximum Gasteiger partial charge on any atom is 0.283 e. The smallest absolute Gasteiger partial charge is 0.283 e. The molecular weight excluding hydrogens is 252 g/mol. The van der Waals surface area contributed by atoms with Gasteiger partial charge in [-0.2, -0.15) is 0 Å². The van der Waals surface area contributed by atoms with Gasteiger partial charge in [0.15, 0.2) is 0 Å². The first-order valence-corrected chi connectivity index (χ1v) is 6.78. The summed E-state index contributed by atoms with van der Waals surface area (Å²) in [5.74, 6) is 0.0638. The van der Waals surface area contributed by atoms with Crippen LogP contribution in [0.2, 0.25) is 0 Å². The highest BCUT2D eigenvalue weighted by Gasteiger charge is 2.16. The number of nitro benzene ring substituents is 1. The van der Waals surface area contributed by atoms with Crippen LogP contribution < -0.4 is 5.32 Å². The normalized spacial score (nSPS) is 10.4. The Balaban J connectivity index is 2.94. The predicted molar refractivity (Wildman–Crippen MR) is 72.0 cm³/mol. The lowest BCUT2D eigenvalue weighted by Crippen LogP contribution is -2.27. The van der Waals surface area contributed by atoms with Gasteiger partial charge in [0, 0.05) is 18.2 Å². The van der Waals surface area contributed by atoms with E-state index in [0.717, 1.165) is 0 Å². The zero-order chi connectivity index (χ0) is 13.7. The van der Waals surface area contributed by atoms with Gasteiger partial charge >= 0.3 is 0 Å². The topological polar surface area (TPSA) is 72.2 Å². The number of thioether (sulfide) groups is 1. The largest absolute Gasteiger partial charge is 0.352 e. The highest BCUT2D eigenvalue weighted by atomic mass is 32.2. The molecule has 0 bridgehead atoms. The Hall–Kier alpha value is -1.56. The second-order valence-corrected chi connectivity index (χ2v) is 5.10. The Kier molecular flexibility index (Phi) is 5.15. The third-order valence-corrected chi connectivity index (χ3v) is 3.09. The van der Waals surface area contributed by atoms with E-state index in [9.17, 15) is 14.9 Å². The summed E-state index contributed by atoms with van der Waals surface area (Å²) < 4.78 is 0. The van der Waals surface area contributed by atoms with Crippen LogP contribution in [0.3, 0.4) is 0 Å². The summed E-state index contributed by atoms with van der Waals surface area (Å²) in [5.41, 5.74) is 0.292. The average molecular weight is 268 g/mol. The molecule has 0 aliphatic carbocycles. The molecule has 0 saturated heterocycles. The minimum Gasteiger partial charge on any atom is -0.352 e. The van der Waals surface area contributed by atoms with Gasteiger partial charge in [0.25, 0.3) is 11.6 Å². The van der Waals surface area contributed by atoms with E-state index >= 15 is 0 Å². The fourth-order valence-electron chi connectivity index (χ4n) is 1.37. The fraction of sp³-hybridized carbons (Fsp3) is 0.417. The number of nitrogens with zero attached hydrogens (tertiary/aromatic N) is 1. The molecule has 1 amide bonds. The van der Waals surface area contributed by atoms with E-state index in [2.05, 4.69) is 5.32 Å². The molecule has 1 aromatic carbocycles. The van der Waals surface area contributed by atoms with Crippen molar-refractivity contribution >= 4 is 23.4 Å². The van der Waals surface area contributed by atoms with Gasteiger partial charge in [0.1, 0.15) is 0 Å². The fourth-order valence-corrected chi connectivity index (χ4v) is 1.92. The molecule has 0 atom stereocenters. The van der Waals surface area contributed by atoms with E-state index in [-0.39, 0.29) is 11.6 Å². The van der Waals surface area contributed by atoms with E-state index in [1.807, 2.05) is 13.8 Å². The van der Waals surface area contributed by atoms with Gasteiger partial charge in [-0.15, -0.1) is 11.8 Å². The number of carbonyl (C=O) groups excluding carboxylic acids is 1. The second kappa shape index (κ2) is 6.39. The van der Waals surface area contributed by atoms with Gasteiger partial charge < -0.3 is 5.32 Å². The van der Waals surface area contributed by atoms with Crippen LogP contribution in [-0.2, 0) is 0 Å². The molecule has 0 aromatic heterocycles.